The number of amides is 3. The number of hydrogen-bond acceptors (Lipinski definition) is 3. The van der Waals surface area contributed by atoms with Crippen molar-refractivity contribution in [1.29, 1.82) is 0 Å². The van der Waals surface area contributed by atoms with Crippen molar-refractivity contribution in [2.75, 3.05) is 13.1 Å². The lowest BCUT2D eigenvalue weighted by atomic mass is 9.91. The van der Waals surface area contributed by atoms with Gasteiger partial charge < -0.3 is 10.6 Å². The van der Waals surface area contributed by atoms with E-state index in [0.717, 1.165) is 19.4 Å². The van der Waals surface area contributed by atoms with Gasteiger partial charge in [0.1, 0.15) is 5.54 Å². The quantitative estimate of drug-likeness (QED) is 0.461. The molecule has 2 saturated heterocycles. The van der Waals surface area contributed by atoms with Crippen molar-refractivity contribution in [2.24, 2.45) is 0 Å². The molecule has 2 rings (SSSR count). The summed E-state index contributed by atoms with van der Waals surface area (Å²) in [5, 5.41) is 8.00. The Labute approximate surface area is 82.0 Å². The second-order valence-corrected chi connectivity index (χ2v) is 3.27. The molecule has 1 spiro atoms. The van der Waals surface area contributed by atoms with Crippen molar-refractivity contribution in [1.82, 2.24) is 16.0 Å². The molecule has 3 N–H and O–H groups in total. The SMILES string of the molecule is Cl.O=C1NC(=O)C2(CCCNC2)N1. The molecule has 5 nitrogen and oxygen atoms in total. The summed E-state index contributed by atoms with van der Waals surface area (Å²) in [5.41, 5.74) is -0.657. The van der Waals surface area contributed by atoms with Gasteiger partial charge in [0.05, 0.1) is 0 Å². The molecule has 1 unspecified atom stereocenters. The predicted molar refractivity (Wildman–Crippen MR) is 48.8 cm³/mol. The fraction of sp³-hybridized carbons (Fsp3) is 0.714. The molecule has 74 valence electrons. The number of imide groups is 1. The van der Waals surface area contributed by atoms with Gasteiger partial charge in [-0.15, -0.1) is 12.4 Å². The summed E-state index contributed by atoms with van der Waals surface area (Å²) in [4.78, 5) is 22.2. The van der Waals surface area contributed by atoms with Gasteiger partial charge in [0.15, 0.2) is 0 Å². The molecule has 0 radical (unpaired) electrons. The van der Waals surface area contributed by atoms with Gasteiger partial charge in [-0.3, -0.25) is 10.1 Å². The van der Waals surface area contributed by atoms with E-state index in [9.17, 15) is 9.59 Å². The highest BCUT2D eigenvalue weighted by Crippen LogP contribution is 2.19. The highest BCUT2D eigenvalue weighted by Gasteiger charge is 2.46. The molecule has 2 aliphatic rings. The normalized spacial score (nSPS) is 32.3. The predicted octanol–water partition coefficient (Wildman–Crippen LogP) is -0.630. The van der Waals surface area contributed by atoms with E-state index in [4.69, 9.17) is 0 Å². The topological polar surface area (TPSA) is 70.2 Å². The summed E-state index contributed by atoms with van der Waals surface area (Å²) >= 11 is 0. The lowest BCUT2D eigenvalue weighted by Gasteiger charge is -2.30. The fourth-order valence-electron chi connectivity index (χ4n) is 1.73. The second kappa shape index (κ2) is 3.51. The zero-order chi connectivity index (χ0) is 8.60. The van der Waals surface area contributed by atoms with Crippen molar-refractivity contribution >= 4 is 24.3 Å². The van der Waals surface area contributed by atoms with E-state index < -0.39 is 5.54 Å². The summed E-state index contributed by atoms with van der Waals surface area (Å²) in [5.74, 6) is -0.195. The van der Waals surface area contributed by atoms with Gasteiger partial charge in [-0.1, -0.05) is 0 Å². The third-order valence-corrected chi connectivity index (χ3v) is 2.40. The first-order valence-corrected chi connectivity index (χ1v) is 4.07. The molecule has 6 heteroatoms. The first kappa shape index (κ1) is 10.3. The monoisotopic (exact) mass is 205 g/mol. The van der Waals surface area contributed by atoms with Crippen LogP contribution < -0.4 is 16.0 Å². The summed E-state index contributed by atoms with van der Waals surface area (Å²) in [7, 11) is 0. The largest absolute Gasteiger partial charge is 0.322 e. The van der Waals surface area contributed by atoms with E-state index in [1.165, 1.54) is 0 Å². The average Bonchev–Trinajstić information content (AvgIpc) is 2.29. The van der Waals surface area contributed by atoms with E-state index in [-0.39, 0.29) is 24.3 Å². The van der Waals surface area contributed by atoms with Crippen LogP contribution in [0.5, 0.6) is 0 Å². The molecule has 3 amide bonds. The van der Waals surface area contributed by atoms with Crippen LogP contribution in [0.15, 0.2) is 0 Å². The van der Waals surface area contributed by atoms with Crippen LogP contribution >= 0.6 is 12.4 Å². The van der Waals surface area contributed by atoms with Crippen molar-refractivity contribution in [3.8, 4) is 0 Å². The third kappa shape index (κ3) is 1.62. The summed E-state index contributed by atoms with van der Waals surface area (Å²) in [6.07, 6.45) is 1.66. The van der Waals surface area contributed by atoms with Gasteiger partial charge >= 0.3 is 6.03 Å². The minimum atomic E-state index is -0.657. The third-order valence-electron chi connectivity index (χ3n) is 2.40. The Morgan fingerprint density at radius 3 is 2.54 bits per heavy atom. The van der Waals surface area contributed by atoms with Gasteiger partial charge in [0.2, 0.25) is 0 Å². The molecule has 0 aromatic heterocycles. The molecule has 2 aliphatic heterocycles. The smallest absolute Gasteiger partial charge is 0.322 e. The number of hydrogen-bond donors (Lipinski definition) is 3. The summed E-state index contributed by atoms with van der Waals surface area (Å²) in [6.45, 7) is 1.47. The average molecular weight is 206 g/mol. The number of carbonyl (C=O) groups is 2. The maximum absolute atomic E-state index is 11.3. The Balaban J connectivity index is 0.000000845. The molecule has 0 bridgehead atoms. The van der Waals surface area contributed by atoms with Crippen molar-refractivity contribution in [2.45, 2.75) is 18.4 Å². The number of piperidine rings is 1. The van der Waals surface area contributed by atoms with Crippen molar-refractivity contribution < 1.29 is 9.59 Å². The van der Waals surface area contributed by atoms with Gasteiger partial charge in [-0.2, -0.15) is 0 Å². The van der Waals surface area contributed by atoms with Crippen LogP contribution in [-0.4, -0.2) is 30.6 Å². The Hall–Kier alpha value is -0.810. The number of halogens is 1. The lowest BCUT2D eigenvalue weighted by molar-refractivity contribution is -0.124. The minimum Gasteiger partial charge on any atom is -0.322 e. The van der Waals surface area contributed by atoms with Crippen LogP contribution in [0.3, 0.4) is 0 Å². The van der Waals surface area contributed by atoms with Gasteiger partial charge in [0, 0.05) is 6.54 Å². The molecule has 0 saturated carbocycles. The van der Waals surface area contributed by atoms with E-state index in [1.807, 2.05) is 0 Å². The highest BCUT2D eigenvalue weighted by atomic mass is 35.5. The Morgan fingerprint density at radius 1 is 1.31 bits per heavy atom. The van der Waals surface area contributed by atoms with Crippen LogP contribution in [0.1, 0.15) is 12.8 Å². The highest BCUT2D eigenvalue weighted by molar-refractivity contribution is 6.07. The molecular formula is C7H12ClN3O2. The maximum Gasteiger partial charge on any atom is 0.322 e. The minimum absolute atomic E-state index is 0. The van der Waals surface area contributed by atoms with Gasteiger partial charge in [-0.05, 0) is 19.4 Å². The standard InChI is InChI=1S/C7H11N3O2.ClH/c11-5-7(10-6(12)9-5)2-1-3-8-4-7;/h8H,1-4H2,(H2,9,10,11,12);1H. The molecule has 0 aromatic carbocycles. The zero-order valence-corrected chi connectivity index (χ0v) is 7.87. The van der Waals surface area contributed by atoms with E-state index in [2.05, 4.69) is 16.0 Å². The van der Waals surface area contributed by atoms with E-state index in [0.29, 0.717) is 6.54 Å². The molecule has 0 aliphatic carbocycles. The van der Waals surface area contributed by atoms with Gasteiger partial charge in [-0.25, -0.2) is 4.79 Å². The van der Waals surface area contributed by atoms with Crippen molar-refractivity contribution in [3.05, 3.63) is 0 Å². The van der Waals surface area contributed by atoms with Crippen LogP contribution in [0, 0.1) is 0 Å². The van der Waals surface area contributed by atoms with Gasteiger partial charge in [0.25, 0.3) is 5.91 Å². The van der Waals surface area contributed by atoms with E-state index in [1.54, 1.807) is 0 Å². The maximum atomic E-state index is 11.3. The van der Waals surface area contributed by atoms with Crippen LogP contribution in [0.25, 0.3) is 0 Å². The Bertz CT molecular complexity index is 238. The molecule has 1 atom stereocenters. The van der Waals surface area contributed by atoms with Crippen LogP contribution in [0.2, 0.25) is 0 Å². The molecule has 2 fully saturated rings. The van der Waals surface area contributed by atoms with E-state index >= 15 is 0 Å². The lowest BCUT2D eigenvalue weighted by Crippen LogP contribution is -2.57. The molecular weight excluding hydrogens is 194 g/mol. The number of urea groups is 1. The van der Waals surface area contributed by atoms with Crippen molar-refractivity contribution in [3.63, 3.8) is 0 Å². The Kier molecular flexibility index (Phi) is 2.77. The fourth-order valence-corrected chi connectivity index (χ4v) is 1.73. The Morgan fingerprint density at radius 2 is 2.08 bits per heavy atom. The molecule has 0 aromatic rings. The summed E-state index contributed by atoms with van der Waals surface area (Å²) in [6, 6.07) is -0.372. The first-order chi connectivity index (χ1) is 5.73. The second-order valence-electron chi connectivity index (χ2n) is 3.27. The summed E-state index contributed by atoms with van der Waals surface area (Å²) < 4.78 is 0. The number of rotatable bonds is 0. The number of nitrogens with one attached hydrogen (secondary N) is 3. The number of carbonyl (C=O) groups excluding carboxylic acids is 2. The molecule has 2 heterocycles. The zero-order valence-electron chi connectivity index (χ0n) is 7.05. The first-order valence-electron chi connectivity index (χ1n) is 4.07. The molecule has 13 heavy (non-hydrogen) atoms. The van der Waals surface area contributed by atoms with Crippen LogP contribution in [0.4, 0.5) is 4.79 Å². The van der Waals surface area contributed by atoms with Crippen LogP contribution in [-0.2, 0) is 4.79 Å².